The Balaban J connectivity index is 1.39. The summed E-state index contributed by atoms with van der Waals surface area (Å²) in [5, 5.41) is 0. The molecule has 2 aromatic carbocycles. The molecule has 1 saturated carbocycles. The Bertz CT molecular complexity index is 934. The number of fused-ring (bicyclic) bond motifs is 1. The van der Waals surface area contributed by atoms with Gasteiger partial charge in [0.05, 0.1) is 13.5 Å². The van der Waals surface area contributed by atoms with E-state index in [2.05, 4.69) is 36.2 Å². The Kier molecular flexibility index (Phi) is 6.24. The van der Waals surface area contributed by atoms with Crippen LogP contribution in [0, 0.1) is 6.92 Å². The lowest BCUT2D eigenvalue weighted by Crippen LogP contribution is -2.51. The minimum Gasteiger partial charge on any atom is -0.496 e. The molecule has 0 N–H and O–H groups in total. The molecule has 4 rings (SSSR count). The molecule has 0 aromatic heterocycles. The van der Waals surface area contributed by atoms with Gasteiger partial charge in [0.15, 0.2) is 0 Å². The average molecular weight is 423 g/mol. The van der Waals surface area contributed by atoms with E-state index in [4.69, 9.17) is 9.47 Å². The predicted molar refractivity (Wildman–Crippen MR) is 123 cm³/mol. The van der Waals surface area contributed by atoms with Crippen LogP contribution in [-0.2, 0) is 17.8 Å². The van der Waals surface area contributed by atoms with Crippen molar-refractivity contribution in [3.05, 3.63) is 59.2 Å². The summed E-state index contributed by atoms with van der Waals surface area (Å²) in [6.45, 7) is 3.86. The number of para-hydroxylation sites is 1. The fraction of sp³-hybridized carbons (Fsp3) is 0.500. The van der Waals surface area contributed by atoms with Gasteiger partial charge in [-0.3, -0.25) is 9.69 Å². The average Bonchev–Trinajstić information content (AvgIpc) is 2.88. The van der Waals surface area contributed by atoms with E-state index in [1.165, 1.54) is 5.56 Å². The molecule has 1 aliphatic heterocycles. The second-order valence-corrected chi connectivity index (χ2v) is 9.28. The third kappa shape index (κ3) is 4.72. The number of ether oxygens (including phenoxy) is 2. The monoisotopic (exact) mass is 422 g/mol. The summed E-state index contributed by atoms with van der Waals surface area (Å²) in [6, 6.07) is 14.6. The van der Waals surface area contributed by atoms with E-state index in [0.717, 1.165) is 61.4 Å². The fourth-order valence-electron chi connectivity index (χ4n) is 5.17. The van der Waals surface area contributed by atoms with Gasteiger partial charge in [-0.05, 0) is 62.9 Å². The SMILES string of the molecule is COc1ccc(CC(=O)N(C)C2CCC3(CC2)CN(C)Cc2ccccc2O3)cc1C. The first-order valence-corrected chi connectivity index (χ1v) is 11.2. The zero-order valence-corrected chi connectivity index (χ0v) is 19.2. The molecule has 5 nitrogen and oxygen atoms in total. The lowest BCUT2D eigenvalue weighted by Gasteiger charge is -2.43. The number of nitrogens with zero attached hydrogens (tertiary/aromatic N) is 2. The number of hydrogen-bond donors (Lipinski definition) is 0. The molecule has 0 saturated heterocycles. The summed E-state index contributed by atoms with van der Waals surface area (Å²) >= 11 is 0. The van der Waals surface area contributed by atoms with Gasteiger partial charge in [-0.1, -0.05) is 30.3 Å². The maximum Gasteiger partial charge on any atom is 0.226 e. The summed E-state index contributed by atoms with van der Waals surface area (Å²) in [6.07, 6.45) is 4.31. The van der Waals surface area contributed by atoms with E-state index in [0.29, 0.717) is 6.42 Å². The van der Waals surface area contributed by atoms with Gasteiger partial charge in [0, 0.05) is 31.7 Å². The zero-order chi connectivity index (χ0) is 22.0. The highest BCUT2D eigenvalue weighted by Crippen LogP contribution is 2.39. The normalized spacial score (nSPS) is 23.5. The standard InChI is InChI=1S/C26H34N2O3/c1-19-15-20(9-10-23(19)30-4)16-25(29)28(3)22-11-13-26(14-12-22)18-27(2)17-21-7-5-6-8-24(21)31-26/h5-10,15,22H,11-14,16-18H2,1-4H3. The Morgan fingerprint density at radius 1 is 1.23 bits per heavy atom. The van der Waals surface area contributed by atoms with Crippen LogP contribution in [0.3, 0.4) is 0 Å². The molecule has 1 spiro atoms. The molecule has 0 radical (unpaired) electrons. The summed E-state index contributed by atoms with van der Waals surface area (Å²) in [7, 11) is 5.80. The topological polar surface area (TPSA) is 42.0 Å². The number of aryl methyl sites for hydroxylation is 1. The number of carbonyl (C=O) groups is 1. The molecule has 0 bridgehead atoms. The van der Waals surface area contributed by atoms with Crippen molar-refractivity contribution in [2.24, 2.45) is 0 Å². The molecule has 5 heteroatoms. The van der Waals surface area contributed by atoms with Gasteiger partial charge in [-0.15, -0.1) is 0 Å². The van der Waals surface area contributed by atoms with Crippen LogP contribution in [0.15, 0.2) is 42.5 Å². The van der Waals surface area contributed by atoms with Crippen molar-refractivity contribution in [1.29, 1.82) is 0 Å². The van der Waals surface area contributed by atoms with E-state index >= 15 is 0 Å². The summed E-state index contributed by atoms with van der Waals surface area (Å²) < 4.78 is 11.9. The van der Waals surface area contributed by atoms with Crippen LogP contribution in [-0.4, -0.2) is 55.1 Å². The van der Waals surface area contributed by atoms with Crippen LogP contribution >= 0.6 is 0 Å². The number of hydrogen-bond acceptors (Lipinski definition) is 4. The lowest BCUT2D eigenvalue weighted by atomic mass is 9.81. The lowest BCUT2D eigenvalue weighted by molar-refractivity contribution is -0.133. The second kappa shape index (κ2) is 8.91. The Morgan fingerprint density at radius 3 is 2.68 bits per heavy atom. The Morgan fingerprint density at radius 2 is 1.97 bits per heavy atom. The highest BCUT2D eigenvalue weighted by atomic mass is 16.5. The van der Waals surface area contributed by atoms with E-state index < -0.39 is 0 Å². The van der Waals surface area contributed by atoms with Crippen molar-refractivity contribution in [3.63, 3.8) is 0 Å². The number of likely N-dealkylation sites (N-methyl/N-ethyl adjacent to an activating group) is 2. The van der Waals surface area contributed by atoms with Crippen LogP contribution in [0.4, 0.5) is 0 Å². The van der Waals surface area contributed by atoms with Crippen LogP contribution < -0.4 is 9.47 Å². The van der Waals surface area contributed by atoms with Gasteiger partial charge in [-0.2, -0.15) is 0 Å². The molecule has 1 amide bonds. The highest BCUT2D eigenvalue weighted by molar-refractivity contribution is 5.79. The maximum atomic E-state index is 13.0. The summed E-state index contributed by atoms with van der Waals surface area (Å²) in [5.41, 5.74) is 3.19. The number of benzene rings is 2. The van der Waals surface area contributed by atoms with Gasteiger partial charge in [-0.25, -0.2) is 0 Å². The minimum absolute atomic E-state index is 0.158. The van der Waals surface area contributed by atoms with Crippen molar-refractivity contribution in [2.45, 2.75) is 57.2 Å². The molecule has 2 aliphatic rings. The number of amides is 1. The molecule has 0 atom stereocenters. The van der Waals surface area contributed by atoms with Crippen molar-refractivity contribution < 1.29 is 14.3 Å². The van der Waals surface area contributed by atoms with Crippen molar-refractivity contribution >= 4 is 5.91 Å². The summed E-state index contributed by atoms with van der Waals surface area (Å²) in [5.74, 6) is 2.05. The third-order valence-electron chi connectivity index (χ3n) is 6.92. The number of methoxy groups -OCH3 is 1. The molecule has 166 valence electrons. The van der Waals surface area contributed by atoms with Crippen LogP contribution in [0.2, 0.25) is 0 Å². The third-order valence-corrected chi connectivity index (χ3v) is 6.92. The van der Waals surface area contributed by atoms with Gasteiger partial charge in [0.2, 0.25) is 5.91 Å². The van der Waals surface area contributed by atoms with Crippen LogP contribution in [0.25, 0.3) is 0 Å². The summed E-state index contributed by atoms with van der Waals surface area (Å²) in [4.78, 5) is 17.3. The predicted octanol–water partition coefficient (Wildman–Crippen LogP) is 4.21. The number of carbonyl (C=O) groups excluding carboxylic acids is 1. The van der Waals surface area contributed by atoms with E-state index in [-0.39, 0.29) is 17.6 Å². The molecule has 2 aromatic rings. The van der Waals surface area contributed by atoms with E-state index in [1.54, 1.807) is 7.11 Å². The van der Waals surface area contributed by atoms with Crippen molar-refractivity contribution in [1.82, 2.24) is 9.80 Å². The van der Waals surface area contributed by atoms with Gasteiger partial charge >= 0.3 is 0 Å². The molecule has 1 aliphatic carbocycles. The minimum atomic E-state index is -0.158. The zero-order valence-electron chi connectivity index (χ0n) is 19.2. The first-order valence-electron chi connectivity index (χ1n) is 11.2. The Hall–Kier alpha value is -2.53. The van der Waals surface area contributed by atoms with Gasteiger partial charge in [0.1, 0.15) is 17.1 Å². The van der Waals surface area contributed by atoms with E-state index in [1.807, 2.05) is 37.1 Å². The molecule has 31 heavy (non-hydrogen) atoms. The van der Waals surface area contributed by atoms with Gasteiger partial charge in [0.25, 0.3) is 0 Å². The largest absolute Gasteiger partial charge is 0.496 e. The van der Waals surface area contributed by atoms with Crippen molar-refractivity contribution in [3.8, 4) is 11.5 Å². The highest BCUT2D eigenvalue weighted by Gasteiger charge is 2.41. The van der Waals surface area contributed by atoms with Crippen molar-refractivity contribution in [2.75, 3.05) is 27.7 Å². The van der Waals surface area contributed by atoms with E-state index in [9.17, 15) is 4.79 Å². The van der Waals surface area contributed by atoms with Gasteiger partial charge < -0.3 is 14.4 Å². The molecular weight excluding hydrogens is 388 g/mol. The molecular formula is C26H34N2O3. The second-order valence-electron chi connectivity index (χ2n) is 9.28. The first-order chi connectivity index (χ1) is 14.9. The quantitative estimate of drug-likeness (QED) is 0.740. The Labute approximate surface area is 185 Å². The maximum absolute atomic E-state index is 13.0. The fourth-order valence-corrected chi connectivity index (χ4v) is 5.17. The molecule has 1 heterocycles. The molecule has 1 fully saturated rings. The molecule has 0 unspecified atom stereocenters. The first kappa shape index (κ1) is 21.7. The smallest absolute Gasteiger partial charge is 0.226 e. The number of rotatable bonds is 4. The van der Waals surface area contributed by atoms with Crippen LogP contribution in [0.5, 0.6) is 11.5 Å². The van der Waals surface area contributed by atoms with Crippen LogP contribution in [0.1, 0.15) is 42.4 Å².